The zero-order valence-electron chi connectivity index (χ0n) is 18.5. The number of aromatic nitrogens is 2. The molecule has 1 aliphatic heterocycles. The Balaban J connectivity index is 1.54. The van der Waals surface area contributed by atoms with Crippen molar-refractivity contribution < 1.29 is 32.2 Å². The van der Waals surface area contributed by atoms with Gasteiger partial charge in [0.15, 0.2) is 10.4 Å². The number of benzene rings is 2. The van der Waals surface area contributed by atoms with E-state index in [2.05, 4.69) is 20.3 Å². The molecule has 0 unspecified atom stereocenters. The fourth-order valence-electron chi connectivity index (χ4n) is 3.13. The van der Waals surface area contributed by atoms with Gasteiger partial charge in [-0.1, -0.05) is 35.2 Å². The number of carbonyl (C=O) groups is 2. The van der Waals surface area contributed by atoms with Gasteiger partial charge in [-0.25, -0.2) is 8.42 Å². The Morgan fingerprint density at radius 1 is 1.17 bits per heavy atom. The molecule has 1 amide bonds. The van der Waals surface area contributed by atoms with Gasteiger partial charge in [0.05, 0.1) is 37.1 Å². The van der Waals surface area contributed by atoms with Crippen LogP contribution in [0.1, 0.15) is 0 Å². The molecule has 0 saturated heterocycles. The molecule has 1 N–H and O–H groups in total. The lowest BCUT2D eigenvalue weighted by Gasteiger charge is -2.34. The van der Waals surface area contributed by atoms with E-state index < -0.39 is 28.0 Å². The predicted octanol–water partition coefficient (Wildman–Crippen LogP) is 2.41. The number of hydrogen-bond acceptors (Lipinski definition) is 11. The quantitative estimate of drug-likeness (QED) is 0.260. The minimum atomic E-state index is -4.01. The Labute approximate surface area is 209 Å². The third kappa shape index (κ3) is 5.49. The van der Waals surface area contributed by atoms with Gasteiger partial charge in [-0.05, 0) is 36.4 Å². The van der Waals surface area contributed by atoms with E-state index in [1.165, 1.54) is 26.4 Å². The van der Waals surface area contributed by atoms with Crippen molar-refractivity contribution in [1.29, 1.82) is 0 Å². The van der Waals surface area contributed by atoms with Crippen LogP contribution in [0.4, 0.5) is 10.8 Å². The minimum absolute atomic E-state index is 0.0468. The van der Waals surface area contributed by atoms with Crippen molar-refractivity contribution >= 4 is 55.8 Å². The first-order valence-electron chi connectivity index (χ1n) is 10.1. The van der Waals surface area contributed by atoms with Gasteiger partial charge in [0, 0.05) is 0 Å². The van der Waals surface area contributed by atoms with Crippen molar-refractivity contribution in [1.82, 2.24) is 10.2 Å². The molecule has 11 nitrogen and oxygen atoms in total. The number of nitrogens with zero attached hydrogens (tertiary/aromatic N) is 3. The number of para-hydroxylation sites is 2. The average molecular weight is 537 g/mol. The Morgan fingerprint density at radius 2 is 1.91 bits per heavy atom. The normalized spacial score (nSPS) is 15.0. The van der Waals surface area contributed by atoms with E-state index >= 15 is 0 Å². The summed E-state index contributed by atoms with van der Waals surface area (Å²) in [6, 6.07) is 12.6. The van der Waals surface area contributed by atoms with Crippen molar-refractivity contribution in [3.05, 3.63) is 48.5 Å². The van der Waals surface area contributed by atoms with E-state index in [9.17, 15) is 18.0 Å². The maximum Gasteiger partial charge on any atom is 0.316 e. The summed E-state index contributed by atoms with van der Waals surface area (Å²) in [6.07, 6.45) is -1.15. The number of sulfonamides is 1. The van der Waals surface area contributed by atoms with Crippen LogP contribution < -0.4 is 19.1 Å². The topological polar surface area (TPSA) is 137 Å². The van der Waals surface area contributed by atoms with Crippen molar-refractivity contribution in [3.8, 4) is 11.5 Å². The number of esters is 1. The fraction of sp³-hybridized carbons (Fsp3) is 0.238. The number of methoxy groups -OCH3 is 2. The smallest absolute Gasteiger partial charge is 0.316 e. The van der Waals surface area contributed by atoms with Gasteiger partial charge in [-0.2, -0.15) is 0 Å². The van der Waals surface area contributed by atoms with Crippen LogP contribution in [0.2, 0.25) is 0 Å². The van der Waals surface area contributed by atoms with Crippen molar-refractivity contribution in [2.45, 2.75) is 15.3 Å². The number of fused-ring (bicyclic) bond motifs is 1. The molecule has 0 aliphatic carbocycles. The standard InChI is InChI=1S/C21H20N4O7S3/c1-30-13-7-9-14(10-8-13)35(28,29)25-11-17(32-16-6-4-3-5-15(16)25)19(27)22-20-23-24-21(34-20)33-12-18(26)31-2/h3-10,17H,11-12H2,1-2H3,(H,22,23,27)/t17-/m0/s1. The lowest BCUT2D eigenvalue weighted by Crippen LogP contribution is -2.48. The van der Waals surface area contributed by atoms with Crippen LogP contribution in [-0.2, 0) is 24.3 Å². The van der Waals surface area contributed by atoms with Gasteiger partial charge in [0.25, 0.3) is 15.9 Å². The monoisotopic (exact) mass is 536 g/mol. The van der Waals surface area contributed by atoms with Crippen LogP contribution in [0, 0.1) is 0 Å². The van der Waals surface area contributed by atoms with Gasteiger partial charge in [-0.3, -0.25) is 19.2 Å². The highest BCUT2D eigenvalue weighted by Crippen LogP contribution is 2.37. The highest BCUT2D eigenvalue weighted by Gasteiger charge is 2.37. The molecule has 0 fully saturated rings. The molecule has 3 aromatic rings. The molecular weight excluding hydrogens is 516 g/mol. The summed E-state index contributed by atoms with van der Waals surface area (Å²) in [6.45, 7) is -0.250. The number of thioether (sulfide) groups is 1. The van der Waals surface area contributed by atoms with Crippen molar-refractivity contribution in [2.24, 2.45) is 0 Å². The molecule has 0 radical (unpaired) electrons. The van der Waals surface area contributed by atoms with Gasteiger partial charge < -0.3 is 14.2 Å². The second-order valence-corrected chi connectivity index (χ2v) is 11.1. The summed E-state index contributed by atoms with van der Waals surface area (Å²) < 4.78 is 44.1. The lowest BCUT2D eigenvalue weighted by atomic mass is 10.2. The molecular formula is C21H20N4O7S3. The third-order valence-corrected chi connectivity index (χ3v) is 8.59. The van der Waals surface area contributed by atoms with Crippen LogP contribution in [0.15, 0.2) is 57.8 Å². The molecule has 2 aromatic carbocycles. The molecule has 0 bridgehead atoms. The molecule has 4 rings (SSSR count). The number of hydrogen-bond donors (Lipinski definition) is 1. The summed E-state index contributed by atoms with van der Waals surface area (Å²) in [5.74, 6) is -0.176. The first-order valence-corrected chi connectivity index (χ1v) is 13.3. The van der Waals surface area contributed by atoms with E-state index in [1.807, 2.05) is 0 Å². The fourth-order valence-corrected chi connectivity index (χ4v) is 6.19. The van der Waals surface area contributed by atoms with Gasteiger partial charge in [-0.15, -0.1) is 10.2 Å². The van der Waals surface area contributed by atoms with Crippen molar-refractivity contribution in [3.63, 3.8) is 0 Å². The number of ether oxygens (including phenoxy) is 3. The van der Waals surface area contributed by atoms with Crippen LogP contribution in [0.25, 0.3) is 0 Å². The van der Waals surface area contributed by atoms with E-state index in [-0.39, 0.29) is 28.1 Å². The highest BCUT2D eigenvalue weighted by atomic mass is 32.2. The third-order valence-electron chi connectivity index (χ3n) is 4.85. The average Bonchev–Trinajstić information content (AvgIpc) is 3.33. The second-order valence-electron chi connectivity index (χ2n) is 7.01. The molecule has 1 aliphatic rings. The van der Waals surface area contributed by atoms with Gasteiger partial charge in [0.2, 0.25) is 5.13 Å². The molecule has 184 valence electrons. The molecule has 14 heteroatoms. The Hall–Kier alpha value is -3.36. The lowest BCUT2D eigenvalue weighted by molar-refractivity contribution is -0.137. The van der Waals surface area contributed by atoms with E-state index in [1.54, 1.807) is 36.4 Å². The summed E-state index contributed by atoms with van der Waals surface area (Å²) in [7, 11) is -1.23. The number of anilines is 2. The Bertz CT molecular complexity index is 1330. The van der Waals surface area contributed by atoms with Gasteiger partial charge in [0.1, 0.15) is 11.5 Å². The van der Waals surface area contributed by atoms with Gasteiger partial charge >= 0.3 is 5.97 Å². The van der Waals surface area contributed by atoms with Crippen LogP contribution in [0.3, 0.4) is 0 Å². The largest absolute Gasteiger partial charge is 0.497 e. The maximum atomic E-state index is 13.5. The van der Waals surface area contributed by atoms with E-state index in [0.29, 0.717) is 15.8 Å². The molecule has 2 heterocycles. The van der Waals surface area contributed by atoms with Crippen LogP contribution in [-0.4, -0.2) is 63.1 Å². The molecule has 35 heavy (non-hydrogen) atoms. The Morgan fingerprint density at radius 3 is 2.63 bits per heavy atom. The number of amides is 1. The second kappa shape index (κ2) is 10.5. The molecule has 1 atom stereocenters. The number of carbonyl (C=O) groups excluding carboxylic acids is 2. The van der Waals surface area contributed by atoms with Crippen LogP contribution >= 0.6 is 23.1 Å². The SMILES string of the molecule is COC(=O)CSc1nnc(NC(=O)[C@@H]2CN(S(=O)(=O)c3ccc(OC)cc3)c3ccccc3O2)s1. The first-order chi connectivity index (χ1) is 16.8. The summed E-state index contributed by atoms with van der Waals surface area (Å²) >= 11 is 2.19. The number of nitrogens with one attached hydrogen (secondary N) is 1. The van der Waals surface area contributed by atoms with Crippen LogP contribution in [0.5, 0.6) is 11.5 Å². The highest BCUT2D eigenvalue weighted by molar-refractivity contribution is 8.01. The summed E-state index contributed by atoms with van der Waals surface area (Å²) in [4.78, 5) is 24.3. The summed E-state index contributed by atoms with van der Waals surface area (Å²) in [5, 5.41) is 10.6. The Kier molecular flexibility index (Phi) is 7.42. The zero-order valence-corrected chi connectivity index (χ0v) is 21.0. The molecule has 0 saturated carbocycles. The summed E-state index contributed by atoms with van der Waals surface area (Å²) in [5.41, 5.74) is 0.324. The first kappa shape index (κ1) is 24.8. The zero-order chi connectivity index (χ0) is 25.0. The number of rotatable bonds is 8. The maximum absolute atomic E-state index is 13.5. The molecule has 0 spiro atoms. The van der Waals surface area contributed by atoms with E-state index in [0.717, 1.165) is 27.4 Å². The molecule has 1 aromatic heterocycles. The predicted molar refractivity (Wildman–Crippen MR) is 130 cm³/mol. The van der Waals surface area contributed by atoms with Crippen molar-refractivity contribution in [2.75, 3.05) is 36.1 Å². The van der Waals surface area contributed by atoms with E-state index in [4.69, 9.17) is 9.47 Å². The minimum Gasteiger partial charge on any atom is -0.497 e.